The average molecular weight is 310 g/mol. The molecule has 116 valence electrons. The van der Waals surface area contributed by atoms with Gasteiger partial charge in [0.25, 0.3) is 5.91 Å². The van der Waals surface area contributed by atoms with Gasteiger partial charge in [0.05, 0.1) is 16.3 Å². The summed E-state index contributed by atoms with van der Waals surface area (Å²) >= 11 is 6.33. The number of rotatable bonds is 4. The van der Waals surface area contributed by atoms with E-state index < -0.39 is 5.91 Å². The first kappa shape index (κ1) is 16.0. The standard InChI is InChI=1S/C16H24ClN3O/c1-2-4-11-5-3-7-20(8-6-11)15-13(16(19)21)9-12(18)10-14(15)17/h9-11H,2-8,18H2,1H3,(H2,19,21). The molecule has 0 spiro atoms. The third kappa shape index (κ3) is 3.82. The van der Waals surface area contributed by atoms with Crippen LogP contribution in [-0.4, -0.2) is 19.0 Å². The van der Waals surface area contributed by atoms with E-state index in [1.54, 1.807) is 12.1 Å². The number of amides is 1. The topological polar surface area (TPSA) is 72.3 Å². The number of carbonyl (C=O) groups is 1. The number of nitrogens with two attached hydrogens (primary N) is 2. The van der Waals surface area contributed by atoms with E-state index in [9.17, 15) is 4.79 Å². The molecule has 0 bridgehead atoms. The van der Waals surface area contributed by atoms with Gasteiger partial charge in [-0.3, -0.25) is 4.79 Å². The Hall–Kier alpha value is -1.42. The van der Waals surface area contributed by atoms with E-state index in [-0.39, 0.29) is 0 Å². The molecule has 4 N–H and O–H groups in total. The van der Waals surface area contributed by atoms with Crippen LogP contribution in [0.3, 0.4) is 0 Å². The first-order valence-electron chi connectivity index (χ1n) is 7.66. The maximum Gasteiger partial charge on any atom is 0.250 e. The molecule has 1 aromatic carbocycles. The van der Waals surface area contributed by atoms with Crippen LogP contribution in [0.15, 0.2) is 12.1 Å². The van der Waals surface area contributed by atoms with Gasteiger partial charge in [0, 0.05) is 18.8 Å². The fraction of sp³-hybridized carbons (Fsp3) is 0.562. The molecule has 1 saturated heterocycles. The molecule has 0 aromatic heterocycles. The van der Waals surface area contributed by atoms with Gasteiger partial charge in [-0.25, -0.2) is 0 Å². The highest BCUT2D eigenvalue weighted by molar-refractivity contribution is 6.34. The monoisotopic (exact) mass is 309 g/mol. The van der Waals surface area contributed by atoms with Gasteiger partial charge in [0.1, 0.15) is 0 Å². The summed E-state index contributed by atoms with van der Waals surface area (Å²) in [6.07, 6.45) is 5.98. The van der Waals surface area contributed by atoms with Gasteiger partial charge < -0.3 is 16.4 Å². The van der Waals surface area contributed by atoms with Crippen molar-refractivity contribution in [2.75, 3.05) is 23.7 Å². The van der Waals surface area contributed by atoms with E-state index in [2.05, 4.69) is 11.8 Å². The van der Waals surface area contributed by atoms with Crippen molar-refractivity contribution < 1.29 is 4.79 Å². The molecule has 5 heteroatoms. The summed E-state index contributed by atoms with van der Waals surface area (Å²) in [5.74, 6) is 0.290. The van der Waals surface area contributed by atoms with Crippen LogP contribution in [0.1, 0.15) is 49.4 Å². The summed E-state index contributed by atoms with van der Waals surface area (Å²) in [7, 11) is 0. The summed E-state index contributed by atoms with van der Waals surface area (Å²) in [6, 6.07) is 3.32. The summed E-state index contributed by atoms with van der Waals surface area (Å²) in [5, 5.41) is 0.512. The van der Waals surface area contributed by atoms with Gasteiger partial charge in [0.15, 0.2) is 0 Å². The van der Waals surface area contributed by atoms with Crippen LogP contribution in [0.25, 0.3) is 0 Å². The highest BCUT2D eigenvalue weighted by Crippen LogP contribution is 2.35. The number of primary amides is 1. The van der Waals surface area contributed by atoms with Crippen LogP contribution in [-0.2, 0) is 0 Å². The second-order valence-electron chi connectivity index (χ2n) is 5.84. The molecule has 1 atom stereocenters. The number of nitrogens with zero attached hydrogens (tertiary/aromatic N) is 1. The van der Waals surface area contributed by atoms with Crippen molar-refractivity contribution in [3.63, 3.8) is 0 Å². The van der Waals surface area contributed by atoms with Crippen molar-refractivity contribution in [2.24, 2.45) is 11.7 Å². The lowest BCUT2D eigenvalue weighted by atomic mass is 9.96. The third-order valence-corrected chi connectivity index (χ3v) is 4.50. The van der Waals surface area contributed by atoms with Crippen LogP contribution in [0.5, 0.6) is 0 Å². The van der Waals surface area contributed by atoms with E-state index >= 15 is 0 Å². The Morgan fingerprint density at radius 3 is 2.81 bits per heavy atom. The van der Waals surface area contributed by atoms with Gasteiger partial charge in [-0.05, 0) is 37.3 Å². The number of nitrogen functional groups attached to an aromatic ring is 1. The molecule has 1 aliphatic heterocycles. The van der Waals surface area contributed by atoms with Gasteiger partial charge >= 0.3 is 0 Å². The van der Waals surface area contributed by atoms with Crippen LogP contribution < -0.4 is 16.4 Å². The summed E-state index contributed by atoms with van der Waals surface area (Å²) in [4.78, 5) is 13.9. The van der Waals surface area contributed by atoms with Crippen molar-refractivity contribution in [1.29, 1.82) is 0 Å². The Balaban J connectivity index is 2.27. The van der Waals surface area contributed by atoms with E-state index in [0.717, 1.165) is 37.5 Å². The zero-order valence-electron chi connectivity index (χ0n) is 12.6. The predicted octanol–water partition coefficient (Wildman–Crippen LogP) is 3.43. The van der Waals surface area contributed by atoms with Crippen LogP contribution >= 0.6 is 11.6 Å². The van der Waals surface area contributed by atoms with Crippen LogP contribution in [0.2, 0.25) is 5.02 Å². The maximum atomic E-state index is 11.7. The first-order chi connectivity index (χ1) is 10.0. The SMILES string of the molecule is CCCC1CCCN(c2c(Cl)cc(N)cc2C(N)=O)CC1. The highest BCUT2D eigenvalue weighted by Gasteiger charge is 2.22. The van der Waals surface area contributed by atoms with E-state index in [4.69, 9.17) is 23.1 Å². The normalized spacial score (nSPS) is 19.3. The third-order valence-electron chi connectivity index (χ3n) is 4.21. The van der Waals surface area contributed by atoms with Gasteiger partial charge in [-0.2, -0.15) is 0 Å². The first-order valence-corrected chi connectivity index (χ1v) is 8.04. The van der Waals surface area contributed by atoms with E-state index in [1.807, 2.05) is 0 Å². The Kier molecular flexibility index (Phi) is 5.34. The van der Waals surface area contributed by atoms with Crippen molar-refractivity contribution in [1.82, 2.24) is 0 Å². The minimum absolute atomic E-state index is 0.425. The molecule has 1 heterocycles. The molecule has 0 saturated carbocycles. The Morgan fingerprint density at radius 2 is 2.14 bits per heavy atom. The van der Waals surface area contributed by atoms with Crippen molar-refractivity contribution in [3.05, 3.63) is 22.7 Å². The molecule has 1 amide bonds. The van der Waals surface area contributed by atoms with Gasteiger partial charge in [-0.15, -0.1) is 0 Å². The zero-order valence-corrected chi connectivity index (χ0v) is 13.3. The number of carbonyl (C=O) groups excluding carboxylic acids is 1. The summed E-state index contributed by atoms with van der Waals surface area (Å²) in [5.41, 5.74) is 12.9. The second-order valence-corrected chi connectivity index (χ2v) is 6.24. The largest absolute Gasteiger partial charge is 0.399 e. The quantitative estimate of drug-likeness (QED) is 0.837. The molecule has 0 aliphatic carbocycles. The average Bonchev–Trinajstić information content (AvgIpc) is 2.64. The summed E-state index contributed by atoms with van der Waals surface area (Å²) < 4.78 is 0. The fourth-order valence-electron chi connectivity index (χ4n) is 3.22. The van der Waals surface area contributed by atoms with Crippen molar-refractivity contribution >= 4 is 28.9 Å². The molecular weight excluding hydrogens is 286 g/mol. The molecule has 1 aliphatic rings. The number of benzene rings is 1. The predicted molar refractivity (Wildman–Crippen MR) is 88.8 cm³/mol. The lowest BCUT2D eigenvalue weighted by Crippen LogP contribution is -2.28. The Labute approximate surface area is 131 Å². The van der Waals surface area contributed by atoms with E-state index in [1.165, 1.54) is 19.3 Å². The van der Waals surface area contributed by atoms with E-state index in [0.29, 0.717) is 16.3 Å². The van der Waals surface area contributed by atoms with Gasteiger partial charge in [0.2, 0.25) is 0 Å². The molecule has 0 radical (unpaired) electrons. The minimum atomic E-state index is -0.478. The fourth-order valence-corrected chi connectivity index (χ4v) is 3.56. The molecule has 2 rings (SSSR count). The lowest BCUT2D eigenvalue weighted by molar-refractivity contribution is 0.100. The molecule has 1 unspecified atom stereocenters. The number of anilines is 2. The molecular formula is C16H24ClN3O. The van der Waals surface area contributed by atoms with Crippen molar-refractivity contribution in [3.8, 4) is 0 Å². The van der Waals surface area contributed by atoms with Crippen molar-refractivity contribution in [2.45, 2.75) is 39.0 Å². The molecule has 1 aromatic rings. The Morgan fingerprint density at radius 1 is 1.38 bits per heavy atom. The van der Waals surface area contributed by atoms with Crippen LogP contribution in [0, 0.1) is 5.92 Å². The second kappa shape index (κ2) is 7.03. The lowest BCUT2D eigenvalue weighted by Gasteiger charge is -2.26. The van der Waals surface area contributed by atoms with Crippen LogP contribution in [0.4, 0.5) is 11.4 Å². The summed E-state index contributed by atoms with van der Waals surface area (Å²) in [6.45, 7) is 4.05. The minimum Gasteiger partial charge on any atom is -0.399 e. The Bertz CT molecular complexity index is 518. The van der Waals surface area contributed by atoms with Gasteiger partial charge in [-0.1, -0.05) is 31.4 Å². The highest BCUT2D eigenvalue weighted by atomic mass is 35.5. The molecule has 4 nitrogen and oxygen atoms in total. The molecule has 21 heavy (non-hydrogen) atoms. The number of halogens is 1. The zero-order chi connectivity index (χ0) is 15.4. The smallest absolute Gasteiger partial charge is 0.250 e. The maximum absolute atomic E-state index is 11.7. The number of hydrogen-bond acceptors (Lipinski definition) is 3. The number of hydrogen-bond donors (Lipinski definition) is 2. The molecule has 1 fully saturated rings.